The van der Waals surface area contributed by atoms with Gasteiger partial charge in [-0.15, -0.1) is 0 Å². The van der Waals surface area contributed by atoms with Gasteiger partial charge in [-0.2, -0.15) is 0 Å². The molecule has 1 N–H and O–H groups in total. The van der Waals surface area contributed by atoms with Crippen LogP contribution in [0.5, 0.6) is 0 Å². The van der Waals surface area contributed by atoms with E-state index < -0.39 is 0 Å². The smallest absolute Gasteiger partial charge is 0.134 e. The molecule has 0 amide bonds. The normalized spacial score (nSPS) is 15.7. The van der Waals surface area contributed by atoms with Crippen molar-refractivity contribution in [1.82, 2.24) is 14.9 Å². The van der Waals surface area contributed by atoms with Crippen molar-refractivity contribution in [2.24, 2.45) is 0 Å². The lowest BCUT2D eigenvalue weighted by Crippen LogP contribution is -2.44. The third-order valence-corrected chi connectivity index (χ3v) is 4.36. The van der Waals surface area contributed by atoms with E-state index in [0.29, 0.717) is 0 Å². The van der Waals surface area contributed by atoms with Gasteiger partial charge in [0.2, 0.25) is 0 Å². The van der Waals surface area contributed by atoms with Crippen LogP contribution in [-0.4, -0.2) is 54.6 Å². The summed E-state index contributed by atoms with van der Waals surface area (Å²) in [6.07, 6.45) is 2.57. The molecule has 23 heavy (non-hydrogen) atoms. The zero-order valence-corrected chi connectivity index (χ0v) is 14.1. The molecule has 5 nitrogen and oxygen atoms in total. The van der Waals surface area contributed by atoms with Gasteiger partial charge in [-0.3, -0.25) is 0 Å². The van der Waals surface area contributed by atoms with Crippen LogP contribution in [0.3, 0.4) is 0 Å². The Labute approximate surface area is 142 Å². The van der Waals surface area contributed by atoms with Gasteiger partial charge in [0.1, 0.15) is 18.0 Å². The molecular formula is C17H22ClN5. The van der Waals surface area contributed by atoms with Crippen LogP contribution in [0.25, 0.3) is 0 Å². The van der Waals surface area contributed by atoms with Gasteiger partial charge in [0.25, 0.3) is 0 Å². The molecule has 1 aliphatic heterocycles. The standard InChI is InChI=1S/C17H22ClN5/c1-22-8-10-23(11-9-22)17-12-16(20-13-21-17)19-7-6-14-2-4-15(18)5-3-14/h2-5,12-13H,6-11H2,1H3,(H,19,20,21). The quantitative estimate of drug-likeness (QED) is 0.912. The molecule has 0 unspecified atom stereocenters. The fraction of sp³-hybridized carbons (Fsp3) is 0.412. The van der Waals surface area contributed by atoms with Crippen molar-refractivity contribution >= 4 is 23.2 Å². The topological polar surface area (TPSA) is 44.3 Å². The van der Waals surface area contributed by atoms with Crippen LogP contribution in [0.15, 0.2) is 36.7 Å². The molecular weight excluding hydrogens is 310 g/mol. The summed E-state index contributed by atoms with van der Waals surface area (Å²) in [5.41, 5.74) is 1.26. The number of rotatable bonds is 5. The second-order valence-electron chi connectivity index (χ2n) is 5.86. The fourth-order valence-corrected chi connectivity index (χ4v) is 2.76. The van der Waals surface area contributed by atoms with Crippen LogP contribution in [0.2, 0.25) is 5.02 Å². The molecule has 0 spiro atoms. The highest BCUT2D eigenvalue weighted by molar-refractivity contribution is 6.30. The molecule has 0 bridgehead atoms. The summed E-state index contributed by atoms with van der Waals surface area (Å²) in [4.78, 5) is 13.4. The molecule has 1 aromatic heterocycles. The summed E-state index contributed by atoms with van der Waals surface area (Å²) in [5.74, 6) is 1.88. The van der Waals surface area contributed by atoms with Crippen molar-refractivity contribution in [3.63, 3.8) is 0 Å². The van der Waals surface area contributed by atoms with E-state index in [2.05, 4.69) is 44.3 Å². The van der Waals surface area contributed by atoms with Gasteiger partial charge in [0, 0.05) is 43.8 Å². The summed E-state index contributed by atoms with van der Waals surface area (Å²) in [7, 11) is 2.15. The van der Waals surface area contributed by atoms with Crippen LogP contribution in [0.1, 0.15) is 5.56 Å². The Kier molecular flexibility index (Phi) is 5.31. The molecule has 122 valence electrons. The predicted molar refractivity (Wildman–Crippen MR) is 95.4 cm³/mol. The molecule has 2 heterocycles. The van der Waals surface area contributed by atoms with Gasteiger partial charge in [-0.1, -0.05) is 23.7 Å². The Bertz CT molecular complexity index is 623. The summed E-state index contributed by atoms with van der Waals surface area (Å²) in [5, 5.41) is 4.15. The zero-order chi connectivity index (χ0) is 16.1. The Balaban J connectivity index is 1.54. The molecule has 2 aromatic rings. The molecule has 0 atom stereocenters. The Morgan fingerprint density at radius 3 is 2.57 bits per heavy atom. The maximum atomic E-state index is 5.90. The average Bonchev–Trinajstić information content (AvgIpc) is 2.58. The van der Waals surface area contributed by atoms with E-state index in [1.54, 1.807) is 6.33 Å². The van der Waals surface area contributed by atoms with Gasteiger partial charge < -0.3 is 15.1 Å². The molecule has 1 aliphatic rings. The largest absolute Gasteiger partial charge is 0.370 e. The summed E-state index contributed by atoms with van der Waals surface area (Å²) >= 11 is 5.90. The van der Waals surface area contributed by atoms with Crippen molar-refractivity contribution in [2.45, 2.75) is 6.42 Å². The lowest BCUT2D eigenvalue weighted by Gasteiger charge is -2.33. The Morgan fingerprint density at radius 2 is 1.83 bits per heavy atom. The molecule has 0 aliphatic carbocycles. The zero-order valence-electron chi connectivity index (χ0n) is 13.4. The van der Waals surface area contributed by atoms with Crippen LogP contribution in [0, 0.1) is 0 Å². The predicted octanol–water partition coefficient (Wildman–Crippen LogP) is 2.54. The van der Waals surface area contributed by atoms with E-state index in [-0.39, 0.29) is 0 Å². The SMILES string of the molecule is CN1CCN(c2cc(NCCc3ccc(Cl)cc3)ncn2)CC1. The van der Waals surface area contributed by atoms with Crippen LogP contribution in [-0.2, 0) is 6.42 Å². The molecule has 1 fully saturated rings. The number of likely N-dealkylation sites (N-methyl/N-ethyl adjacent to an activating group) is 1. The van der Waals surface area contributed by atoms with Crippen molar-refractivity contribution in [3.05, 3.63) is 47.2 Å². The minimum absolute atomic E-state index is 0.773. The van der Waals surface area contributed by atoms with Gasteiger partial charge >= 0.3 is 0 Å². The van der Waals surface area contributed by atoms with E-state index in [0.717, 1.165) is 55.8 Å². The number of hydrogen-bond acceptors (Lipinski definition) is 5. The lowest BCUT2D eigenvalue weighted by atomic mass is 10.1. The number of piperazine rings is 1. The first-order chi connectivity index (χ1) is 11.2. The summed E-state index contributed by atoms with van der Waals surface area (Å²) in [6, 6.07) is 9.99. The number of benzene rings is 1. The molecule has 0 radical (unpaired) electrons. The van der Waals surface area contributed by atoms with Gasteiger partial charge in [0.15, 0.2) is 0 Å². The van der Waals surface area contributed by atoms with Crippen molar-refractivity contribution in [1.29, 1.82) is 0 Å². The van der Waals surface area contributed by atoms with Crippen molar-refractivity contribution in [3.8, 4) is 0 Å². The number of anilines is 2. The van der Waals surface area contributed by atoms with Crippen molar-refractivity contribution in [2.75, 3.05) is 50.0 Å². The number of halogens is 1. The fourth-order valence-electron chi connectivity index (χ4n) is 2.64. The maximum Gasteiger partial charge on any atom is 0.134 e. The second kappa shape index (κ2) is 7.62. The van der Waals surface area contributed by atoms with E-state index >= 15 is 0 Å². The Morgan fingerprint density at radius 1 is 1.09 bits per heavy atom. The Hall–Kier alpha value is -1.85. The van der Waals surface area contributed by atoms with Gasteiger partial charge in [-0.25, -0.2) is 9.97 Å². The molecule has 1 aromatic carbocycles. The highest BCUT2D eigenvalue weighted by atomic mass is 35.5. The third kappa shape index (κ3) is 4.56. The van der Waals surface area contributed by atoms with E-state index in [4.69, 9.17) is 11.6 Å². The average molecular weight is 332 g/mol. The van der Waals surface area contributed by atoms with Gasteiger partial charge in [0.05, 0.1) is 0 Å². The van der Waals surface area contributed by atoms with E-state index in [1.165, 1.54) is 5.56 Å². The second-order valence-corrected chi connectivity index (χ2v) is 6.29. The van der Waals surface area contributed by atoms with Gasteiger partial charge in [-0.05, 0) is 31.2 Å². The molecule has 1 saturated heterocycles. The minimum atomic E-state index is 0.773. The summed E-state index contributed by atoms with van der Waals surface area (Å²) in [6.45, 7) is 5.00. The highest BCUT2D eigenvalue weighted by Gasteiger charge is 2.15. The number of hydrogen-bond donors (Lipinski definition) is 1. The first-order valence-corrected chi connectivity index (χ1v) is 8.32. The van der Waals surface area contributed by atoms with Crippen LogP contribution < -0.4 is 10.2 Å². The summed E-state index contributed by atoms with van der Waals surface area (Å²) < 4.78 is 0. The monoisotopic (exact) mass is 331 g/mol. The van der Waals surface area contributed by atoms with E-state index in [9.17, 15) is 0 Å². The third-order valence-electron chi connectivity index (χ3n) is 4.11. The maximum absolute atomic E-state index is 5.90. The molecule has 6 heteroatoms. The molecule has 3 rings (SSSR count). The first kappa shape index (κ1) is 16.0. The van der Waals surface area contributed by atoms with Crippen LogP contribution >= 0.6 is 11.6 Å². The minimum Gasteiger partial charge on any atom is -0.370 e. The lowest BCUT2D eigenvalue weighted by molar-refractivity contribution is 0.312. The first-order valence-electron chi connectivity index (χ1n) is 7.94. The van der Waals surface area contributed by atoms with E-state index in [1.807, 2.05) is 18.2 Å². The number of nitrogens with zero attached hydrogens (tertiary/aromatic N) is 4. The number of nitrogens with one attached hydrogen (secondary N) is 1. The number of aromatic nitrogens is 2. The van der Waals surface area contributed by atoms with Crippen molar-refractivity contribution < 1.29 is 0 Å². The highest BCUT2D eigenvalue weighted by Crippen LogP contribution is 2.16. The molecule has 0 saturated carbocycles. The van der Waals surface area contributed by atoms with Crippen LogP contribution in [0.4, 0.5) is 11.6 Å².